The van der Waals surface area contributed by atoms with Crippen molar-refractivity contribution in [3.05, 3.63) is 42.1 Å². The summed E-state index contributed by atoms with van der Waals surface area (Å²) < 4.78 is 30.9. The van der Waals surface area contributed by atoms with E-state index in [9.17, 15) is 0 Å². The van der Waals surface area contributed by atoms with E-state index in [4.69, 9.17) is 23.7 Å². The van der Waals surface area contributed by atoms with Gasteiger partial charge in [0, 0.05) is 38.5 Å². The molecule has 0 bridgehead atoms. The van der Waals surface area contributed by atoms with Crippen molar-refractivity contribution in [2.75, 3.05) is 59.7 Å². The molecule has 0 saturated carbocycles. The maximum Gasteiger partial charge on any atom is 0.231 e. The van der Waals surface area contributed by atoms with Crippen molar-refractivity contribution >= 4 is 22.4 Å². The first kappa shape index (κ1) is 26.3. The van der Waals surface area contributed by atoms with Gasteiger partial charge in [-0.05, 0) is 35.2 Å². The molecule has 4 heterocycles. The Balaban J connectivity index is 0.000000726. The van der Waals surface area contributed by atoms with Gasteiger partial charge in [0.1, 0.15) is 6.61 Å². The zero-order chi connectivity index (χ0) is 25.5. The summed E-state index contributed by atoms with van der Waals surface area (Å²) in [5.41, 5.74) is 3.68. The summed E-state index contributed by atoms with van der Waals surface area (Å²) in [6.07, 6.45) is 4.62. The summed E-state index contributed by atoms with van der Waals surface area (Å²) in [6.45, 7) is 10.2. The molecule has 0 atom stereocenters. The lowest BCUT2D eigenvalue weighted by Gasteiger charge is -2.26. The average molecular weight is 516 g/mol. The number of morpholine rings is 1. The number of halogens is 1. The number of rotatable bonds is 5. The lowest BCUT2D eigenvalue weighted by atomic mass is 9.95. The summed E-state index contributed by atoms with van der Waals surface area (Å²) in [6, 6.07) is 10.6. The SMILES string of the molecule is CC.CCl.COc1ccc2cc3[n+](cc2c1OCCN1CCOCC1)CCc1cc2c(cc1-3)OCO2. The third-order valence-electron chi connectivity index (χ3n) is 6.55. The van der Waals surface area contributed by atoms with Crippen molar-refractivity contribution in [2.45, 2.75) is 26.8 Å². The Labute approximate surface area is 218 Å². The van der Waals surface area contributed by atoms with E-state index in [1.807, 2.05) is 19.9 Å². The molecule has 1 fully saturated rings. The molecule has 2 aromatic carbocycles. The van der Waals surface area contributed by atoms with Crippen LogP contribution in [0.25, 0.3) is 22.0 Å². The Bertz CT molecular complexity index is 1180. The van der Waals surface area contributed by atoms with Crippen LogP contribution in [0.2, 0.25) is 0 Å². The van der Waals surface area contributed by atoms with Crippen molar-refractivity contribution in [1.82, 2.24) is 4.90 Å². The number of methoxy groups -OCH3 is 1. The van der Waals surface area contributed by atoms with Gasteiger partial charge in [0.05, 0.1) is 31.3 Å². The van der Waals surface area contributed by atoms with Gasteiger partial charge in [-0.3, -0.25) is 4.90 Å². The fraction of sp³-hybridized carbons (Fsp3) is 0.464. The van der Waals surface area contributed by atoms with Gasteiger partial charge in [-0.1, -0.05) is 13.8 Å². The molecule has 0 amide bonds. The molecule has 1 aromatic heterocycles. The molecule has 0 aliphatic carbocycles. The van der Waals surface area contributed by atoms with Crippen LogP contribution in [0.3, 0.4) is 0 Å². The van der Waals surface area contributed by atoms with E-state index in [0.29, 0.717) is 13.4 Å². The number of nitrogens with zero attached hydrogens (tertiary/aromatic N) is 2. The van der Waals surface area contributed by atoms with Crippen LogP contribution in [-0.4, -0.2) is 64.6 Å². The largest absolute Gasteiger partial charge is 0.493 e. The second kappa shape index (κ2) is 12.5. The van der Waals surface area contributed by atoms with Gasteiger partial charge in [0.25, 0.3) is 0 Å². The number of aromatic nitrogens is 1. The van der Waals surface area contributed by atoms with Gasteiger partial charge in [0.15, 0.2) is 35.7 Å². The van der Waals surface area contributed by atoms with Crippen molar-refractivity contribution < 1.29 is 28.3 Å². The summed E-state index contributed by atoms with van der Waals surface area (Å²) in [7, 11) is 1.69. The van der Waals surface area contributed by atoms with Crippen LogP contribution in [-0.2, 0) is 17.7 Å². The van der Waals surface area contributed by atoms with E-state index in [0.717, 1.165) is 79.6 Å². The number of hydrogen-bond acceptors (Lipinski definition) is 6. The Morgan fingerprint density at radius 1 is 1.03 bits per heavy atom. The Hall–Kier alpha value is -2.74. The molecule has 0 spiro atoms. The Morgan fingerprint density at radius 2 is 1.78 bits per heavy atom. The molecular weight excluding hydrogens is 480 g/mol. The standard InChI is InChI=1S/C25H27N2O5.C2H6.CH3Cl/c1-28-22-3-2-17-12-21-19-14-24-23(31-16-32-24)13-18(19)4-5-27(21)15-20(17)25(22)30-11-8-26-6-9-29-10-7-26;2*1-2/h2-3,12-15H,4-11,16H2,1H3;1-2H3;1H3/q+1;;. The molecular formula is C28H36ClN2O5+. The van der Waals surface area contributed by atoms with Crippen LogP contribution in [0.1, 0.15) is 19.4 Å². The van der Waals surface area contributed by atoms with Gasteiger partial charge >= 0.3 is 0 Å². The first-order chi connectivity index (χ1) is 17.8. The minimum atomic E-state index is 0.293. The van der Waals surface area contributed by atoms with Crippen LogP contribution < -0.4 is 23.5 Å². The van der Waals surface area contributed by atoms with Crippen LogP contribution in [0, 0.1) is 0 Å². The summed E-state index contributed by atoms with van der Waals surface area (Å²) in [4.78, 5) is 2.37. The monoisotopic (exact) mass is 515 g/mol. The summed E-state index contributed by atoms with van der Waals surface area (Å²) >= 11 is 4.64. The smallest absolute Gasteiger partial charge is 0.231 e. The summed E-state index contributed by atoms with van der Waals surface area (Å²) in [5, 5.41) is 2.20. The molecule has 7 nitrogen and oxygen atoms in total. The fourth-order valence-corrected chi connectivity index (χ4v) is 4.81. The highest BCUT2D eigenvalue weighted by atomic mass is 35.5. The van der Waals surface area contributed by atoms with E-state index >= 15 is 0 Å². The lowest BCUT2D eigenvalue weighted by molar-refractivity contribution is -0.686. The Kier molecular flexibility index (Phi) is 9.13. The van der Waals surface area contributed by atoms with E-state index < -0.39 is 0 Å². The molecule has 36 heavy (non-hydrogen) atoms. The zero-order valence-electron chi connectivity index (χ0n) is 21.6. The number of pyridine rings is 1. The lowest BCUT2D eigenvalue weighted by Crippen LogP contribution is -2.40. The number of benzene rings is 2. The van der Waals surface area contributed by atoms with Crippen molar-refractivity contribution in [3.8, 4) is 34.3 Å². The van der Waals surface area contributed by atoms with Gasteiger partial charge in [-0.15, -0.1) is 11.6 Å². The second-order valence-corrected chi connectivity index (χ2v) is 8.37. The number of ether oxygens (including phenoxy) is 5. The van der Waals surface area contributed by atoms with E-state index in [1.54, 1.807) is 7.11 Å². The van der Waals surface area contributed by atoms with Crippen molar-refractivity contribution in [3.63, 3.8) is 0 Å². The van der Waals surface area contributed by atoms with Crippen LogP contribution in [0.4, 0.5) is 0 Å². The highest BCUT2D eigenvalue weighted by Gasteiger charge is 2.28. The number of aryl methyl sites for hydroxylation is 2. The first-order valence-corrected chi connectivity index (χ1v) is 13.3. The molecule has 8 heteroatoms. The predicted octanol–water partition coefficient (Wildman–Crippen LogP) is 4.68. The molecule has 1 saturated heterocycles. The maximum atomic E-state index is 6.31. The predicted molar refractivity (Wildman–Crippen MR) is 142 cm³/mol. The number of fused-ring (bicyclic) bond motifs is 5. The van der Waals surface area contributed by atoms with Gasteiger partial charge in [0.2, 0.25) is 12.5 Å². The third kappa shape index (κ3) is 5.33. The molecule has 3 aliphatic heterocycles. The zero-order valence-corrected chi connectivity index (χ0v) is 22.4. The molecule has 0 unspecified atom stereocenters. The highest BCUT2D eigenvalue weighted by molar-refractivity contribution is 6.15. The maximum absolute atomic E-state index is 6.31. The summed E-state index contributed by atoms with van der Waals surface area (Å²) in [5.74, 6) is 3.24. The fourth-order valence-electron chi connectivity index (χ4n) is 4.81. The van der Waals surface area contributed by atoms with Gasteiger partial charge in [-0.25, -0.2) is 0 Å². The molecule has 0 N–H and O–H groups in total. The normalized spacial score (nSPS) is 15.6. The molecule has 194 valence electrons. The van der Waals surface area contributed by atoms with Crippen LogP contribution >= 0.6 is 11.6 Å². The molecule has 6 rings (SSSR count). The quantitative estimate of drug-likeness (QED) is 0.363. The van der Waals surface area contributed by atoms with Gasteiger partial charge < -0.3 is 23.7 Å². The minimum Gasteiger partial charge on any atom is -0.493 e. The van der Waals surface area contributed by atoms with E-state index in [-0.39, 0.29) is 0 Å². The number of hydrogen-bond donors (Lipinski definition) is 0. The topological polar surface area (TPSA) is 53.3 Å². The molecule has 3 aromatic rings. The number of alkyl halides is 1. The van der Waals surface area contributed by atoms with Crippen molar-refractivity contribution in [2.24, 2.45) is 0 Å². The third-order valence-corrected chi connectivity index (χ3v) is 6.55. The Morgan fingerprint density at radius 3 is 2.53 bits per heavy atom. The second-order valence-electron chi connectivity index (χ2n) is 8.37. The van der Waals surface area contributed by atoms with Crippen molar-refractivity contribution in [1.29, 1.82) is 0 Å². The van der Waals surface area contributed by atoms with Crippen LogP contribution in [0.5, 0.6) is 23.0 Å². The first-order valence-electron chi connectivity index (χ1n) is 12.6. The average Bonchev–Trinajstić information content (AvgIpc) is 3.41. The molecule has 3 aliphatic rings. The molecule has 0 radical (unpaired) electrons. The highest BCUT2D eigenvalue weighted by Crippen LogP contribution is 2.41. The van der Waals surface area contributed by atoms with E-state index in [1.165, 1.54) is 23.2 Å². The van der Waals surface area contributed by atoms with Gasteiger partial charge in [-0.2, -0.15) is 4.57 Å². The van der Waals surface area contributed by atoms with Crippen LogP contribution in [0.15, 0.2) is 36.5 Å². The minimum absolute atomic E-state index is 0.293. The van der Waals surface area contributed by atoms with E-state index in [2.05, 4.69) is 51.5 Å².